The lowest BCUT2D eigenvalue weighted by Gasteiger charge is -2.39. The average Bonchev–Trinajstić information content (AvgIpc) is 2.48. The Kier molecular flexibility index (Phi) is 4.44. The lowest BCUT2D eigenvalue weighted by Crippen LogP contribution is -2.57. The van der Waals surface area contributed by atoms with E-state index in [2.05, 4.69) is 0 Å². The van der Waals surface area contributed by atoms with Gasteiger partial charge in [0.05, 0.1) is 5.56 Å². The minimum atomic E-state index is -4.45. The van der Waals surface area contributed by atoms with Crippen LogP contribution in [0.15, 0.2) is 24.3 Å². The minimum absolute atomic E-state index is 0.135. The third-order valence-electron chi connectivity index (χ3n) is 3.76. The summed E-state index contributed by atoms with van der Waals surface area (Å²) in [7, 11) is 0. The van der Waals surface area contributed by atoms with Crippen molar-refractivity contribution in [2.45, 2.75) is 32.5 Å². The van der Waals surface area contributed by atoms with E-state index in [1.54, 1.807) is 13.8 Å². The Morgan fingerprint density at radius 2 is 2.00 bits per heavy atom. The summed E-state index contributed by atoms with van der Waals surface area (Å²) in [4.78, 5) is 26.9. The second kappa shape index (κ2) is 5.98. The molecule has 0 N–H and O–H groups in total. The molecule has 1 aromatic carbocycles. The number of nitrogens with zero attached hydrogens (tertiary/aromatic N) is 2. The van der Waals surface area contributed by atoms with Crippen molar-refractivity contribution in [1.29, 1.82) is 0 Å². The summed E-state index contributed by atoms with van der Waals surface area (Å²) in [6, 6.07) is 4.00. The summed E-state index contributed by atoms with van der Waals surface area (Å²) < 4.78 is 38.3. The Morgan fingerprint density at radius 3 is 2.59 bits per heavy atom. The van der Waals surface area contributed by atoms with Crippen LogP contribution in [0.2, 0.25) is 0 Å². The van der Waals surface area contributed by atoms with E-state index in [1.165, 1.54) is 21.9 Å². The Bertz CT molecular complexity index is 586. The fourth-order valence-electron chi connectivity index (χ4n) is 2.52. The largest absolute Gasteiger partial charge is 0.416 e. The van der Waals surface area contributed by atoms with Gasteiger partial charge in [0.15, 0.2) is 0 Å². The van der Waals surface area contributed by atoms with Crippen LogP contribution >= 0.6 is 0 Å². The number of piperazine rings is 1. The van der Waals surface area contributed by atoms with E-state index in [0.29, 0.717) is 13.0 Å². The number of amides is 2. The number of carbonyl (C=O) groups is 2. The first-order valence-corrected chi connectivity index (χ1v) is 7.03. The van der Waals surface area contributed by atoms with E-state index in [1.807, 2.05) is 0 Å². The molecule has 2 amide bonds. The van der Waals surface area contributed by atoms with Crippen molar-refractivity contribution in [1.82, 2.24) is 4.90 Å². The number of carbonyl (C=O) groups excluding carboxylic acids is 2. The monoisotopic (exact) mass is 314 g/mol. The van der Waals surface area contributed by atoms with Crippen LogP contribution in [0.25, 0.3) is 0 Å². The molecule has 1 aliphatic heterocycles. The van der Waals surface area contributed by atoms with E-state index in [4.69, 9.17) is 0 Å². The topological polar surface area (TPSA) is 40.6 Å². The molecule has 1 aromatic rings. The molecule has 7 heteroatoms. The van der Waals surface area contributed by atoms with Gasteiger partial charge in [-0.1, -0.05) is 13.0 Å². The Morgan fingerprint density at radius 1 is 1.32 bits per heavy atom. The summed E-state index contributed by atoms with van der Waals surface area (Å²) in [5, 5.41) is 0. The highest BCUT2D eigenvalue weighted by molar-refractivity contribution is 6.00. The molecule has 1 saturated heterocycles. The molecule has 1 unspecified atom stereocenters. The lowest BCUT2D eigenvalue weighted by molar-refractivity contribution is -0.140. The molecule has 4 nitrogen and oxygen atoms in total. The standard InChI is InChI=1S/C15H17F3N2O2/c1-3-13(21)19-7-8-20(14(22)10(19)2)12-6-4-5-11(9-12)15(16,17)18/h4-6,9-10H,3,7-8H2,1-2H3. The van der Waals surface area contributed by atoms with E-state index in [0.717, 1.165) is 12.1 Å². The Labute approximate surface area is 126 Å². The van der Waals surface area contributed by atoms with Crippen LogP contribution in [0.5, 0.6) is 0 Å². The highest BCUT2D eigenvalue weighted by Gasteiger charge is 2.36. The lowest BCUT2D eigenvalue weighted by atomic mass is 10.1. The molecule has 1 atom stereocenters. The molecule has 2 rings (SSSR count). The summed E-state index contributed by atoms with van der Waals surface area (Å²) >= 11 is 0. The van der Waals surface area contributed by atoms with E-state index < -0.39 is 17.8 Å². The average molecular weight is 314 g/mol. The normalized spacial score (nSPS) is 19.5. The van der Waals surface area contributed by atoms with Gasteiger partial charge in [-0.05, 0) is 25.1 Å². The van der Waals surface area contributed by atoms with Crippen molar-refractivity contribution in [3.8, 4) is 0 Å². The zero-order valence-corrected chi connectivity index (χ0v) is 12.4. The van der Waals surface area contributed by atoms with Gasteiger partial charge >= 0.3 is 6.18 Å². The first kappa shape index (κ1) is 16.3. The van der Waals surface area contributed by atoms with Crippen LogP contribution in [0, 0.1) is 0 Å². The van der Waals surface area contributed by atoms with Crippen LogP contribution in [0.3, 0.4) is 0 Å². The van der Waals surface area contributed by atoms with Gasteiger partial charge in [-0.3, -0.25) is 9.59 Å². The molecule has 0 aromatic heterocycles. The first-order chi connectivity index (χ1) is 10.3. The molecular formula is C15H17F3N2O2. The molecule has 120 valence electrons. The molecule has 0 aliphatic carbocycles. The highest BCUT2D eigenvalue weighted by atomic mass is 19.4. The number of hydrogen-bond acceptors (Lipinski definition) is 2. The molecule has 0 radical (unpaired) electrons. The number of rotatable bonds is 2. The smallest absolute Gasteiger partial charge is 0.329 e. The van der Waals surface area contributed by atoms with Gasteiger partial charge in [0.1, 0.15) is 6.04 Å². The van der Waals surface area contributed by atoms with Crippen molar-refractivity contribution in [2.24, 2.45) is 0 Å². The van der Waals surface area contributed by atoms with Gasteiger partial charge in [0.25, 0.3) is 0 Å². The molecule has 0 saturated carbocycles. The SMILES string of the molecule is CCC(=O)N1CCN(c2cccc(C(F)(F)F)c2)C(=O)C1C. The Balaban J connectivity index is 2.25. The molecule has 1 aliphatic rings. The van der Waals surface area contributed by atoms with Gasteiger partial charge in [0, 0.05) is 25.2 Å². The maximum absolute atomic E-state index is 12.8. The molecule has 1 heterocycles. The fraction of sp³-hybridized carbons (Fsp3) is 0.467. The minimum Gasteiger partial charge on any atom is -0.329 e. The molecule has 1 fully saturated rings. The molecular weight excluding hydrogens is 297 g/mol. The van der Waals surface area contributed by atoms with Crippen LogP contribution in [-0.4, -0.2) is 35.8 Å². The van der Waals surface area contributed by atoms with Gasteiger partial charge in [0.2, 0.25) is 11.8 Å². The van der Waals surface area contributed by atoms with Crippen molar-refractivity contribution in [2.75, 3.05) is 18.0 Å². The number of alkyl halides is 3. The maximum atomic E-state index is 12.8. The van der Waals surface area contributed by atoms with Crippen LogP contribution in [0.4, 0.5) is 18.9 Å². The number of benzene rings is 1. The van der Waals surface area contributed by atoms with Crippen molar-refractivity contribution in [3.05, 3.63) is 29.8 Å². The highest BCUT2D eigenvalue weighted by Crippen LogP contribution is 2.32. The first-order valence-electron chi connectivity index (χ1n) is 7.03. The van der Waals surface area contributed by atoms with Crippen LogP contribution in [-0.2, 0) is 15.8 Å². The predicted octanol–water partition coefficient (Wildman–Crippen LogP) is 2.68. The second-order valence-electron chi connectivity index (χ2n) is 5.15. The van der Waals surface area contributed by atoms with E-state index in [-0.39, 0.29) is 24.0 Å². The summed E-state index contributed by atoms with van der Waals surface area (Å²) in [5.41, 5.74) is -0.590. The molecule has 0 bridgehead atoms. The second-order valence-corrected chi connectivity index (χ2v) is 5.15. The van der Waals surface area contributed by atoms with Crippen LogP contribution in [0.1, 0.15) is 25.8 Å². The molecule has 22 heavy (non-hydrogen) atoms. The van der Waals surface area contributed by atoms with Crippen molar-refractivity contribution >= 4 is 17.5 Å². The van der Waals surface area contributed by atoms with Gasteiger partial charge in [-0.2, -0.15) is 13.2 Å². The van der Waals surface area contributed by atoms with E-state index in [9.17, 15) is 22.8 Å². The summed E-state index contributed by atoms with van der Waals surface area (Å²) in [6.45, 7) is 3.81. The number of hydrogen-bond donors (Lipinski definition) is 0. The van der Waals surface area contributed by atoms with Crippen molar-refractivity contribution in [3.63, 3.8) is 0 Å². The predicted molar refractivity (Wildman–Crippen MR) is 75.3 cm³/mol. The van der Waals surface area contributed by atoms with Gasteiger partial charge < -0.3 is 9.80 Å². The van der Waals surface area contributed by atoms with Crippen molar-refractivity contribution < 1.29 is 22.8 Å². The van der Waals surface area contributed by atoms with Gasteiger partial charge in [-0.25, -0.2) is 0 Å². The van der Waals surface area contributed by atoms with E-state index >= 15 is 0 Å². The molecule has 0 spiro atoms. The third-order valence-corrected chi connectivity index (χ3v) is 3.76. The fourth-order valence-corrected chi connectivity index (χ4v) is 2.52. The number of halogens is 3. The summed E-state index contributed by atoms with van der Waals surface area (Å²) in [5.74, 6) is -0.503. The van der Waals surface area contributed by atoms with Crippen LogP contribution < -0.4 is 4.90 Å². The quantitative estimate of drug-likeness (QED) is 0.842. The Hall–Kier alpha value is -2.05. The zero-order chi connectivity index (χ0) is 16.5. The zero-order valence-electron chi connectivity index (χ0n) is 12.4. The third kappa shape index (κ3) is 3.08. The maximum Gasteiger partial charge on any atom is 0.416 e. The number of anilines is 1. The van der Waals surface area contributed by atoms with Gasteiger partial charge in [-0.15, -0.1) is 0 Å². The summed E-state index contributed by atoms with van der Waals surface area (Å²) in [6.07, 6.45) is -4.16.